The smallest absolute Gasteiger partial charge is 0.156 e. The minimum atomic E-state index is -1.03. The van der Waals surface area contributed by atoms with E-state index < -0.39 is 12.0 Å². The third-order valence-electron chi connectivity index (χ3n) is 5.66. The number of imidazole rings is 1. The van der Waals surface area contributed by atoms with E-state index in [2.05, 4.69) is 15.2 Å². The number of piperidine rings is 1. The number of nitrogens with zero attached hydrogens (tertiary/aromatic N) is 6. The molecule has 4 aromatic rings. The summed E-state index contributed by atoms with van der Waals surface area (Å²) in [6, 6.07) is 4.84. The van der Waals surface area contributed by atoms with Crippen LogP contribution in [0.5, 0.6) is 0 Å². The number of likely N-dealkylation sites (tertiary alicyclic amines) is 1. The van der Waals surface area contributed by atoms with Crippen molar-refractivity contribution in [3.63, 3.8) is 0 Å². The van der Waals surface area contributed by atoms with E-state index >= 15 is 0 Å². The van der Waals surface area contributed by atoms with Gasteiger partial charge in [0.25, 0.3) is 0 Å². The number of halogens is 2. The van der Waals surface area contributed by atoms with Crippen LogP contribution in [0.25, 0.3) is 27.8 Å². The first-order valence-electron chi connectivity index (χ1n) is 9.74. The summed E-state index contributed by atoms with van der Waals surface area (Å²) in [5.41, 5.74) is 4.20. The lowest BCUT2D eigenvalue weighted by atomic mass is 10.0. The number of benzene rings is 1. The summed E-state index contributed by atoms with van der Waals surface area (Å²) in [6.07, 6.45) is 3.22. The minimum absolute atomic E-state index is 0.260. The number of aromatic nitrogens is 5. The third-order valence-corrected chi connectivity index (χ3v) is 5.66. The molecule has 8 heteroatoms. The van der Waals surface area contributed by atoms with Crippen molar-refractivity contribution in [3.05, 3.63) is 47.7 Å². The quantitative estimate of drug-likeness (QED) is 0.518. The van der Waals surface area contributed by atoms with Crippen molar-refractivity contribution in [2.75, 3.05) is 20.1 Å². The molecule has 1 aliphatic rings. The molecule has 0 bridgehead atoms. The minimum Gasteiger partial charge on any atom is -0.303 e. The molecule has 1 saturated heterocycles. The standard InChI is InChI=1S/C21H22F2N6/c1-12-6-18(25-29-9-13(2)24-21(12)29)14-7-15-10-28(26-20(15)16(22)8-14)19-4-5-27(3)11-17(19)23/h6-10,17,19H,4-5,11H2,1-3H3. The van der Waals surface area contributed by atoms with Crippen molar-refractivity contribution in [3.8, 4) is 11.3 Å². The molecule has 6 nitrogen and oxygen atoms in total. The molecule has 1 aliphatic heterocycles. The van der Waals surface area contributed by atoms with Crippen molar-refractivity contribution >= 4 is 16.6 Å². The van der Waals surface area contributed by atoms with Crippen LogP contribution in [-0.4, -0.2) is 55.6 Å². The first-order chi connectivity index (χ1) is 13.9. The van der Waals surface area contributed by atoms with E-state index in [4.69, 9.17) is 0 Å². The second kappa shape index (κ2) is 6.59. The highest BCUT2D eigenvalue weighted by Gasteiger charge is 2.30. The van der Waals surface area contributed by atoms with Crippen LogP contribution in [0.2, 0.25) is 0 Å². The zero-order valence-electron chi connectivity index (χ0n) is 16.6. The van der Waals surface area contributed by atoms with E-state index in [0.29, 0.717) is 29.6 Å². The molecule has 0 radical (unpaired) electrons. The van der Waals surface area contributed by atoms with Crippen molar-refractivity contribution in [1.29, 1.82) is 0 Å². The fraction of sp³-hybridized carbons (Fsp3) is 0.381. The van der Waals surface area contributed by atoms with Crippen molar-refractivity contribution < 1.29 is 8.78 Å². The molecule has 0 N–H and O–H groups in total. The predicted molar refractivity (Wildman–Crippen MR) is 107 cm³/mol. The van der Waals surface area contributed by atoms with Crippen LogP contribution < -0.4 is 0 Å². The molecule has 0 amide bonds. The maximum Gasteiger partial charge on any atom is 0.156 e. The number of aryl methyl sites for hydroxylation is 2. The molecule has 1 fully saturated rings. The van der Waals surface area contributed by atoms with E-state index in [0.717, 1.165) is 23.4 Å². The van der Waals surface area contributed by atoms with E-state index in [1.807, 2.05) is 44.1 Å². The van der Waals surface area contributed by atoms with Crippen LogP contribution in [0.15, 0.2) is 30.6 Å². The summed E-state index contributed by atoms with van der Waals surface area (Å²) in [5.74, 6) is -0.430. The van der Waals surface area contributed by atoms with E-state index in [9.17, 15) is 8.78 Å². The number of rotatable bonds is 2. The number of alkyl halides is 1. The summed E-state index contributed by atoms with van der Waals surface area (Å²) in [7, 11) is 1.90. The highest BCUT2D eigenvalue weighted by Crippen LogP contribution is 2.30. The van der Waals surface area contributed by atoms with Gasteiger partial charge >= 0.3 is 0 Å². The van der Waals surface area contributed by atoms with E-state index in [-0.39, 0.29) is 11.6 Å². The molecule has 0 aliphatic carbocycles. The molecule has 1 aromatic carbocycles. The Labute approximate surface area is 166 Å². The Morgan fingerprint density at radius 3 is 2.72 bits per heavy atom. The number of hydrogen-bond acceptors (Lipinski definition) is 4. The Bertz CT molecular complexity index is 1230. The predicted octanol–water partition coefficient (Wildman–Crippen LogP) is 3.72. The van der Waals surface area contributed by atoms with Gasteiger partial charge in [-0.1, -0.05) is 0 Å². The lowest BCUT2D eigenvalue weighted by Gasteiger charge is -2.32. The van der Waals surface area contributed by atoms with Crippen LogP contribution >= 0.6 is 0 Å². The Kier molecular flexibility index (Phi) is 4.13. The van der Waals surface area contributed by atoms with Crippen molar-refractivity contribution in [2.24, 2.45) is 0 Å². The molecular formula is C21H22F2N6. The first-order valence-corrected chi connectivity index (χ1v) is 9.74. The van der Waals surface area contributed by atoms with Crippen LogP contribution in [0.3, 0.4) is 0 Å². The second-order valence-corrected chi connectivity index (χ2v) is 8.00. The summed E-state index contributed by atoms with van der Waals surface area (Å²) >= 11 is 0. The summed E-state index contributed by atoms with van der Waals surface area (Å²) in [4.78, 5) is 6.42. The fourth-order valence-corrected chi connectivity index (χ4v) is 4.16. The Balaban J connectivity index is 1.58. The van der Waals surface area contributed by atoms with E-state index in [1.54, 1.807) is 15.4 Å². The average molecular weight is 396 g/mol. The van der Waals surface area contributed by atoms with Crippen LogP contribution in [0.4, 0.5) is 8.78 Å². The van der Waals surface area contributed by atoms with Gasteiger partial charge in [0.1, 0.15) is 11.7 Å². The topological polar surface area (TPSA) is 51.3 Å². The van der Waals surface area contributed by atoms with Gasteiger partial charge in [-0.15, -0.1) is 0 Å². The van der Waals surface area contributed by atoms with Gasteiger partial charge in [0, 0.05) is 30.2 Å². The number of fused-ring (bicyclic) bond motifs is 2. The SMILES string of the molecule is Cc1cn2nc(-c3cc(F)c4nn(C5CCN(C)CC5F)cc4c3)cc(C)c2n1. The molecule has 150 valence electrons. The van der Waals surface area contributed by atoms with Crippen molar-refractivity contribution in [1.82, 2.24) is 29.3 Å². The first kappa shape index (κ1) is 18.2. The van der Waals surface area contributed by atoms with Gasteiger partial charge in [0.05, 0.1) is 23.6 Å². The largest absolute Gasteiger partial charge is 0.303 e. The molecular weight excluding hydrogens is 374 g/mol. The highest BCUT2D eigenvalue weighted by atomic mass is 19.1. The summed E-state index contributed by atoms with van der Waals surface area (Å²) in [5, 5.41) is 9.60. The lowest BCUT2D eigenvalue weighted by molar-refractivity contribution is 0.101. The Morgan fingerprint density at radius 1 is 1.10 bits per heavy atom. The maximum absolute atomic E-state index is 14.9. The van der Waals surface area contributed by atoms with Gasteiger partial charge in [-0.25, -0.2) is 18.3 Å². The normalized spacial score (nSPS) is 20.7. The highest BCUT2D eigenvalue weighted by molar-refractivity contribution is 5.84. The van der Waals surface area contributed by atoms with Gasteiger partial charge in [-0.05, 0) is 51.1 Å². The fourth-order valence-electron chi connectivity index (χ4n) is 4.16. The van der Waals surface area contributed by atoms with Crippen LogP contribution in [0.1, 0.15) is 23.7 Å². The Hall–Kier alpha value is -2.87. The Morgan fingerprint density at radius 2 is 1.93 bits per heavy atom. The van der Waals surface area contributed by atoms with Crippen LogP contribution in [-0.2, 0) is 0 Å². The van der Waals surface area contributed by atoms with Gasteiger partial charge in [-0.2, -0.15) is 10.2 Å². The van der Waals surface area contributed by atoms with Gasteiger partial charge < -0.3 is 4.90 Å². The molecule has 4 heterocycles. The van der Waals surface area contributed by atoms with Crippen LogP contribution in [0, 0.1) is 19.7 Å². The average Bonchev–Trinajstić information content (AvgIpc) is 3.25. The third kappa shape index (κ3) is 3.07. The molecule has 2 atom stereocenters. The van der Waals surface area contributed by atoms with E-state index in [1.165, 1.54) is 6.07 Å². The van der Waals surface area contributed by atoms with Gasteiger partial charge in [0.2, 0.25) is 0 Å². The molecule has 0 spiro atoms. The zero-order valence-corrected chi connectivity index (χ0v) is 16.6. The van der Waals surface area contributed by atoms with Gasteiger partial charge in [0.15, 0.2) is 11.5 Å². The second-order valence-electron chi connectivity index (χ2n) is 8.00. The summed E-state index contributed by atoms with van der Waals surface area (Å²) in [6.45, 7) is 5.03. The summed E-state index contributed by atoms with van der Waals surface area (Å²) < 4.78 is 32.7. The number of hydrogen-bond donors (Lipinski definition) is 0. The van der Waals surface area contributed by atoms with Crippen molar-refractivity contribution in [2.45, 2.75) is 32.5 Å². The van der Waals surface area contributed by atoms with Gasteiger partial charge in [-0.3, -0.25) is 4.68 Å². The molecule has 3 aromatic heterocycles. The molecule has 0 saturated carbocycles. The molecule has 29 heavy (non-hydrogen) atoms. The maximum atomic E-state index is 14.9. The zero-order chi connectivity index (χ0) is 20.3. The lowest BCUT2D eigenvalue weighted by Crippen LogP contribution is -2.40. The molecule has 2 unspecified atom stereocenters. The molecule has 5 rings (SSSR count). The monoisotopic (exact) mass is 396 g/mol.